The van der Waals surface area contributed by atoms with Gasteiger partial charge in [0.2, 0.25) is 5.91 Å². The second-order valence-electron chi connectivity index (χ2n) is 7.65. The van der Waals surface area contributed by atoms with Gasteiger partial charge >= 0.3 is 5.69 Å². The van der Waals surface area contributed by atoms with Crippen molar-refractivity contribution in [2.24, 2.45) is 0 Å². The van der Waals surface area contributed by atoms with E-state index in [1.165, 1.54) is 16.5 Å². The fourth-order valence-corrected chi connectivity index (χ4v) is 3.55. The first-order valence-electron chi connectivity index (χ1n) is 10.00. The number of benzene rings is 2. The van der Waals surface area contributed by atoms with Gasteiger partial charge in [0, 0.05) is 23.6 Å². The van der Waals surface area contributed by atoms with Crippen LogP contribution in [-0.4, -0.2) is 29.7 Å². The number of hydrogen-bond donors (Lipinski definition) is 1. The Morgan fingerprint density at radius 3 is 2.53 bits per heavy atom. The van der Waals surface area contributed by atoms with Crippen molar-refractivity contribution >= 4 is 22.8 Å². The van der Waals surface area contributed by atoms with Gasteiger partial charge in [-0.1, -0.05) is 6.07 Å². The fraction of sp³-hybridized carbons (Fsp3) is 0.130. The monoisotopic (exact) mass is 430 g/mol. The van der Waals surface area contributed by atoms with Gasteiger partial charge in [-0.25, -0.2) is 22.8 Å². The van der Waals surface area contributed by atoms with E-state index in [-0.39, 0.29) is 18.3 Å². The zero-order valence-electron chi connectivity index (χ0n) is 17.4. The van der Waals surface area contributed by atoms with Crippen molar-refractivity contribution in [2.45, 2.75) is 20.4 Å². The maximum atomic E-state index is 13.2. The van der Waals surface area contributed by atoms with Crippen LogP contribution in [-0.2, 0) is 11.3 Å². The van der Waals surface area contributed by atoms with Crippen molar-refractivity contribution in [1.82, 2.24) is 23.8 Å². The first-order valence-corrected chi connectivity index (χ1v) is 10.00. The standard InChI is InChI=1S/C23H19FN6O2/c1-14-3-8-18(11-15(14)2)25-21(31)13-30-23(32)28-9-10-29-20(22(28)27-30)12-19(26-29)16-4-6-17(24)7-5-16/h3-12H,13H2,1-2H3,(H,25,31). The Morgan fingerprint density at radius 1 is 1.00 bits per heavy atom. The van der Waals surface area contributed by atoms with Crippen molar-refractivity contribution in [3.63, 3.8) is 0 Å². The molecule has 0 aliphatic heterocycles. The highest BCUT2D eigenvalue weighted by molar-refractivity contribution is 5.90. The number of aromatic nitrogens is 5. The number of amides is 1. The predicted octanol–water partition coefficient (Wildman–Crippen LogP) is 3.21. The van der Waals surface area contributed by atoms with Crippen molar-refractivity contribution in [3.8, 4) is 11.3 Å². The summed E-state index contributed by atoms with van der Waals surface area (Å²) in [6.45, 7) is 3.74. The van der Waals surface area contributed by atoms with E-state index < -0.39 is 5.69 Å². The summed E-state index contributed by atoms with van der Waals surface area (Å²) in [5.41, 5.74) is 4.75. The minimum absolute atomic E-state index is 0.224. The van der Waals surface area contributed by atoms with Gasteiger partial charge in [0.1, 0.15) is 17.9 Å². The van der Waals surface area contributed by atoms with E-state index in [2.05, 4.69) is 15.5 Å². The molecule has 0 atom stereocenters. The normalized spacial score (nSPS) is 11.3. The van der Waals surface area contributed by atoms with Gasteiger partial charge < -0.3 is 5.32 Å². The Hall–Kier alpha value is -4.27. The lowest BCUT2D eigenvalue weighted by molar-refractivity contribution is -0.117. The van der Waals surface area contributed by atoms with Crippen LogP contribution in [0.4, 0.5) is 10.1 Å². The maximum Gasteiger partial charge on any atom is 0.350 e. The van der Waals surface area contributed by atoms with Crippen LogP contribution in [0.5, 0.6) is 0 Å². The molecule has 3 aromatic heterocycles. The number of nitrogens with one attached hydrogen (secondary N) is 1. The summed E-state index contributed by atoms with van der Waals surface area (Å²) >= 11 is 0. The van der Waals surface area contributed by atoms with Crippen molar-refractivity contribution in [3.05, 3.63) is 88.4 Å². The van der Waals surface area contributed by atoms with E-state index >= 15 is 0 Å². The molecule has 5 aromatic rings. The number of hydrogen-bond acceptors (Lipinski definition) is 4. The predicted molar refractivity (Wildman–Crippen MR) is 118 cm³/mol. The van der Waals surface area contributed by atoms with Crippen LogP contribution in [0.15, 0.2) is 65.7 Å². The number of aryl methyl sites for hydroxylation is 2. The molecule has 0 fully saturated rings. The fourth-order valence-electron chi connectivity index (χ4n) is 3.55. The Balaban J connectivity index is 1.47. The van der Waals surface area contributed by atoms with Gasteiger partial charge in [-0.05, 0) is 67.4 Å². The molecule has 0 radical (unpaired) electrons. The Kier molecular flexibility index (Phi) is 4.58. The minimum atomic E-state index is -0.428. The van der Waals surface area contributed by atoms with Gasteiger partial charge in [0.05, 0.1) is 5.69 Å². The van der Waals surface area contributed by atoms with Crippen LogP contribution >= 0.6 is 0 Å². The number of carbonyl (C=O) groups is 1. The number of nitrogens with zero attached hydrogens (tertiary/aromatic N) is 5. The zero-order valence-corrected chi connectivity index (χ0v) is 17.4. The highest BCUT2D eigenvalue weighted by Crippen LogP contribution is 2.21. The number of halogens is 1. The number of fused-ring (bicyclic) bond motifs is 3. The highest BCUT2D eigenvalue weighted by Gasteiger charge is 2.15. The SMILES string of the molecule is Cc1ccc(NC(=O)Cn2nc3c4cc(-c5ccc(F)cc5)nn4ccn3c2=O)cc1C. The molecule has 8 nitrogen and oxygen atoms in total. The minimum Gasteiger partial charge on any atom is -0.324 e. The first kappa shape index (κ1) is 19.7. The van der Waals surface area contributed by atoms with Crippen LogP contribution in [0, 0.1) is 19.7 Å². The number of anilines is 1. The summed E-state index contributed by atoms with van der Waals surface area (Å²) in [7, 11) is 0. The van der Waals surface area contributed by atoms with E-state index in [0.29, 0.717) is 22.5 Å². The topological polar surface area (TPSA) is 85.7 Å². The zero-order chi connectivity index (χ0) is 22.4. The molecule has 1 N–H and O–H groups in total. The van der Waals surface area contributed by atoms with Crippen LogP contribution < -0.4 is 11.0 Å². The van der Waals surface area contributed by atoms with E-state index in [0.717, 1.165) is 21.4 Å². The van der Waals surface area contributed by atoms with Crippen LogP contribution in [0.25, 0.3) is 22.4 Å². The Labute approximate surface area is 181 Å². The van der Waals surface area contributed by atoms with Crippen LogP contribution in [0.1, 0.15) is 11.1 Å². The summed E-state index contributed by atoms with van der Waals surface area (Å²) in [6.07, 6.45) is 3.19. The number of carbonyl (C=O) groups excluding carboxylic acids is 1. The molecule has 2 aromatic carbocycles. The molecule has 5 rings (SSSR count). The van der Waals surface area contributed by atoms with E-state index in [4.69, 9.17) is 0 Å². The van der Waals surface area contributed by atoms with E-state index in [1.54, 1.807) is 35.1 Å². The smallest absolute Gasteiger partial charge is 0.324 e. The maximum absolute atomic E-state index is 13.2. The quantitative estimate of drug-likeness (QED) is 0.475. The molecule has 1 amide bonds. The third kappa shape index (κ3) is 3.43. The molecule has 0 saturated carbocycles. The average Bonchev–Trinajstić information content (AvgIpc) is 3.33. The highest BCUT2D eigenvalue weighted by atomic mass is 19.1. The van der Waals surface area contributed by atoms with E-state index in [9.17, 15) is 14.0 Å². The van der Waals surface area contributed by atoms with Gasteiger partial charge in [-0.15, -0.1) is 5.10 Å². The summed E-state index contributed by atoms with van der Waals surface area (Å²) < 4.78 is 17.3. The molecular weight excluding hydrogens is 411 g/mol. The molecular formula is C23H19FN6O2. The third-order valence-corrected chi connectivity index (χ3v) is 5.42. The first-order chi connectivity index (χ1) is 15.4. The van der Waals surface area contributed by atoms with Gasteiger partial charge in [0.25, 0.3) is 0 Å². The Bertz CT molecular complexity index is 1550. The average molecular weight is 430 g/mol. The van der Waals surface area contributed by atoms with Crippen LogP contribution in [0.3, 0.4) is 0 Å². The van der Waals surface area contributed by atoms with E-state index in [1.807, 2.05) is 32.0 Å². The van der Waals surface area contributed by atoms with Crippen LogP contribution in [0.2, 0.25) is 0 Å². The second kappa shape index (κ2) is 7.45. The second-order valence-corrected chi connectivity index (χ2v) is 7.65. The third-order valence-electron chi connectivity index (χ3n) is 5.42. The van der Waals surface area contributed by atoms with Crippen molar-refractivity contribution in [2.75, 3.05) is 5.32 Å². The van der Waals surface area contributed by atoms with Crippen molar-refractivity contribution in [1.29, 1.82) is 0 Å². The molecule has 0 aliphatic rings. The van der Waals surface area contributed by atoms with Gasteiger partial charge in [-0.3, -0.25) is 4.79 Å². The summed E-state index contributed by atoms with van der Waals surface area (Å²) in [5.74, 6) is -0.681. The molecule has 3 heterocycles. The number of rotatable bonds is 4. The molecule has 0 spiro atoms. The summed E-state index contributed by atoms with van der Waals surface area (Å²) in [4.78, 5) is 25.3. The summed E-state index contributed by atoms with van der Waals surface area (Å²) in [6, 6.07) is 13.4. The lowest BCUT2D eigenvalue weighted by Crippen LogP contribution is -2.28. The lowest BCUT2D eigenvalue weighted by Gasteiger charge is -2.07. The van der Waals surface area contributed by atoms with Gasteiger partial charge in [0.15, 0.2) is 5.65 Å². The largest absolute Gasteiger partial charge is 0.350 e. The molecule has 160 valence electrons. The molecule has 32 heavy (non-hydrogen) atoms. The molecule has 0 aliphatic carbocycles. The summed E-state index contributed by atoms with van der Waals surface area (Å²) in [5, 5.41) is 11.6. The van der Waals surface area contributed by atoms with Crippen molar-refractivity contribution < 1.29 is 9.18 Å². The van der Waals surface area contributed by atoms with Gasteiger partial charge in [-0.2, -0.15) is 5.10 Å². The Morgan fingerprint density at radius 2 is 1.78 bits per heavy atom. The molecule has 0 saturated heterocycles. The molecule has 9 heteroatoms. The molecule has 0 unspecified atom stereocenters. The lowest BCUT2D eigenvalue weighted by atomic mass is 10.1. The molecule has 0 bridgehead atoms.